The topological polar surface area (TPSA) is 45.5 Å². The molecule has 3 nitrogen and oxygen atoms in total. The smallest absolute Gasteiger partial charge is 0.123 e. The number of hydrogen-bond donors (Lipinski definition) is 1. The molecule has 1 N–H and O–H groups in total. The summed E-state index contributed by atoms with van der Waals surface area (Å²) < 4.78 is 0. The molecule has 0 saturated carbocycles. The van der Waals surface area contributed by atoms with Gasteiger partial charge in [0.1, 0.15) is 5.01 Å². The quantitative estimate of drug-likeness (QED) is 0.478. The normalized spacial score (nSPS) is 11.7. The number of benzene rings is 1. The molecule has 0 radical (unpaired) electrons. The molecular weight excluding hydrogens is 208 g/mol. The Hall–Kier alpha value is -1.68. The van der Waals surface area contributed by atoms with Crippen LogP contribution >= 0.6 is 11.3 Å². The Kier molecular flexibility index (Phi) is 2.78. The van der Waals surface area contributed by atoms with Gasteiger partial charge in [-0.2, -0.15) is 0 Å². The molecule has 0 aliphatic heterocycles. The van der Waals surface area contributed by atoms with Crippen molar-refractivity contribution in [2.45, 2.75) is 6.92 Å². The monoisotopic (exact) mass is 218 g/mol. The van der Waals surface area contributed by atoms with E-state index in [-0.39, 0.29) is 0 Å². The van der Waals surface area contributed by atoms with Crippen LogP contribution in [0.5, 0.6) is 0 Å². The Morgan fingerprint density at radius 2 is 2.07 bits per heavy atom. The molecule has 0 saturated heterocycles. The maximum absolute atomic E-state index is 8.63. The standard InChI is InChI=1S/C11H10N2OS/c1-8(13-14)10-7-12-11(15-10)9-5-3-2-4-6-9/h2-7,14H,1H3/b13-8+. The van der Waals surface area contributed by atoms with E-state index >= 15 is 0 Å². The zero-order chi connectivity index (χ0) is 10.7. The first kappa shape index (κ1) is 9.86. The predicted octanol–water partition coefficient (Wildman–Crippen LogP) is 3.01. The van der Waals surface area contributed by atoms with Crippen LogP contribution in [-0.4, -0.2) is 15.9 Å². The minimum absolute atomic E-state index is 0.592. The molecule has 0 fully saturated rings. The molecule has 2 rings (SSSR count). The molecule has 1 aromatic carbocycles. The van der Waals surface area contributed by atoms with Gasteiger partial charge in [0.05, 0.1) is 10.6 Å². The van der Waals surface area contributed by atoms with E-state index < -0.39 is 0 Å². The Bertz CT molecular complexity index is 476. The third kappa shape index (κ3) is 2.05. The zero-order valence-corrected chi connectivity index (χ0v) is 9.03. The number of rotatable bonds is 2. The molecule has 0 unspecified atom stereocenters. The summed E-state index contributed by atoms with van der Waals surface area (Å²) in [5, 5.41) is 12.7. The lowest BCUT2D eigenvalue weighted by Crippen LogP contribution is -1.88. The Morgan fingerprint density at radius 3 is 2.73 bits per heavy atom. The summed E-state index contributed by atoms with van der Waals surface area (Å²) in [6.07, 6.45) is 1.72. The molecule has 0 aliphatic carbocycles. The average Bonchev–Trinajstić information content (AvgIpc) is 2.78. The molecule has 1 heterocycles. The van der Waals surface area contributed by atoms with Gasteiger partial charge in [0, 0.05) is 11.8 Å². The summed E-state index contributed by atoms with van der Waals surface area (Å²) in [6.45, 7) is 1.75. The lowest BCUT2D eigenvalue weighted by molar-refractivity contribution is 0.319. The fourth-order valence-electron chi connectivity index (χ4n) is 1.20. The fraction of sp³-hybridized carbons (Fsp3) is 0.0909. The highest BCUT2D eigenvalue weighted by atomic mass is 32.1. The van der Waals surface area contributed by atoms with Gasteiger partial charge >= 0.3 is 0 Å². The molecule has 0 amide bonds. The van der Waals surface area contributed by atoms with Crippen molar-refractivity contribution in [1.29, 1.82) is 0 Å². The summed E-state index contributed by atoms with van der Waals surface area (Å²) in [7, 11) is 0. The van der Waals surface area contributed by atoms with E-state index in [1.54, 1.807) is 13.1 Å². The van der Waals surface area contributed by atoms with Gasteiger partial charge in [-0.15, -0.1) is 11.3 Å². The van der Waals surface area contributed by atoms with Crippen LogP contribution < -0.4 is 0 Å². The van der Waals surface area contributed by atoms with E-state index in [0.717, 1.165) is 15.4 Å². The second-order valence-corrected chi connectivity index (χ2v) is 4.11. The van der Waals surface area contributed by atoms with Crippen LogP contribution in [0.4, 0.5) is 0 Å². The lowest BCUT2D eigenvalue weighted by Gasteiger charge is -1.93. The second kappa shape index (κ2) is 4.23. The molecule has 0 spiro atoms. The molecule has 0 bridgehead atoms. The highest BCUT2D eigenvalue weighted by molar-refractivity contribution is 7.17. The van der Waals surface area contributed by atoms with Crippen LogP contribution in [-0.2, 0) is 0 Å². The van der Waals surface area contributed by atoms with Crippen molar-refractivity contribution in [1.82, 2.24) is 4.98 Å². The summed E-state index contributed by atoms with van der Waals surface area (Å²) in [5.74, 6) is 0. The SMILES string of the molecule is C/C(=N\O)c1cnc(-c2ccccc2)s1. The van der Waals surface area contributed by atoms with Crippen LogP contribution in [0, 0.1) is 0 Å². The van der Waals surface area contributed by atoms with Crippen LogP contribution in [0.25, 0.3) is 10.6 Å². The Morgan fingerprint density at radius 1 is 1.33 bits per heavy atom. The third-order valence-electron chi connectivity index (χ3n) is 2.03. The predicted molar refractivity (Wildman–Crippen MR) is 61.5 cm³/mol. The Labute approximate surface area is 91.7 Å². The van der Waals surface area contributed by atoms with E-state index in [4.69, 9.17) is 5.21 Å². The van der Waals surface area contributed by atoms with Gasteiger partial charge in [0.2, 0.25) is 0 Å². The van der Waals surface area contributed by atoms with Crippen LogP contribution in [0.2, 0.25) is 0 Å². The maximum atomic E-state index is 8.63. The van der Waals surface area contributed by atoms with Crippen molar-refractivity contribution in [2.24, 2.45) is 5.16 Å². The summed E-state index contributed by atoms with van der Waals surface area (Å²) in [6, 6.07) is 9.94. The first-order chi connectivity index (χ1) is 7.31. The van der Waals surface area contributed by atoms with Crippen LogP contribution in [0.3, 0.4) is 0 Å². The molecular formula is C11H10N2OS. The number of oxime groups is 1. The molecule has 2 aromatic rings. The second-order valence-electron chi connectivity index (χ2n) is 3.08. The van der Waals surface area contributed by atoms with E-state index in [0.29, 0.717) is 5.71 Å². The van der Waals surface area contributed by atoms with E-state index in [1.165, 1.54) is 11.3 Å². The van der Waals surface area contributed by atoms with Crippen molar-refractivity contribution in [3.8, 4) is 10.6 Å². The van der Waals surface area contributed by atoms with Gasteiger partial charge in [0.15, 0.2) is 0 Å². The van der Waals surface area contributed by atoms with Crippen LogP contribution in [0.15, 0.2) is 41.7 Å². The minimum atomic E-state index is 0.592. The maximum Gasteiger partial charge on any atom is 0.123 e. The van der Waals surface area contributed by atoms with Gasteiger partial charge in [-0.1, -0.05) is 35.5 Å². The fourth-order valence-corrected chi connectivity index (χ4v) is 2.07. The number of aromatic nitrogens is 1. The van der Waals surface area contributed by atoms with Crippen molar-refractivity contribution >= 4 is 17.0 Å². The molecule has 0 aliphatic rings. The highest BCUT2D eigenvalue weighted by Crippen LogP contribution is 2.24. The van der Waals surface area contributed by atoms with Gasteiger partial charge < -0.3 is 5.21 Å². The number of thiazole rings is 1. The summed E-state index contributed by atoms with van der Waals surface area (Å²) in [5.41, 5.74) is 1.68. The van der Waals surface area contributed by atoms with Crippen molar-refractivity contribution < 1.29 is 5.21 Å². The summed E-state index contributed by atoms with van der Waals surface area (Å²) in [4.78, 5) is 5.17. The van der Waals surface area contributed by atoms with Gasteiger partial charge in [-0.25, -0.2) is 4.98 Å². The largest absolute Gasteiger partial charge is 0.411 e. The van der Waals surface area contributed by atoms with Crippen LogP contribution in [0.1, 0.15) is 11.8 Å². The number of nitrogens with zero attached hydrogens (tertiary/aromatic N) is 2. The van der Waals surface area contributed by atoms with Crippen molar-refractivity contribution in [3.05, 3.63) is 41.4 Å². The van der Waals surface area contributed by atoms with Gasteiger partial charge in [-0.3, -0.25) is 0 Å². The molecule has 1 aromatic heterocycles. The third-order valence-corrected chi connectivity index (χ3v) is 3.19. The molecule has 15 heavy (non-hydrogen) atoms. The summed E-state index contributed by atoms with van der Waals surface area (Å²) >= 11 is 1.52. The molecule has 0 atom stereocenters. The van der Waals surface area contributed by atoms with Crippen molar-refractivity contribution in [3.63, 3.8) is 0 Å². The van der Waals surface area contributed by atoms with E-state index in [9.17, 15) is 0 Å². The first-order valence-electron chi connectivity index (χ1n) is 4.51. The van der Waals surface area contributed by atoms with Gasteiger partial charge in [-0.05, 0) is 6.92 Å². The molecule has 4 heteroatoms. The first-order valence-corrected chi connectivity index (χ1v) is 5.33. The van der Waals surface area contributed by atoms with E-state index in [2.05, 4.69) is 10.1 Å². The Balaban J connectivity index is 2.36. The average molecular weight is 218 g/mol. The highest BCUT2D eigenvalue weighted by Gasteiger charge is 2.06. The van der Waals surface area contributed by atoms with Crippen molar-refractivity contribution in [2.75, 3.05) is 0 Å². The number of hydrogen-bond acceptors (Lipinski definition) is 4. The minimum Gasteiger partial charge on any atom is -0.411 e. The van der Waals surface area contributed by atoms with E-state index in [1.807, 2.05) is 30.3 Å². The van der Waals surface area contributed by atoms with Gasteiger partial charge in [0.25, 0.3) is 0 Å². The molecule has 76 valence electrons. The zero-order valence-electron chi connectivity index (χ0n) is 8.21. The lowest BCUT2D eigenvalue weighted by atomic mass is 10.2.